The van der Waals surface area contributed by atoms with Crippen LogP contribution in [0, 0.1) is 6.92 Å². The van der Waals surface area contributed by atoms with Gasteiger partial charge in [-0.05, 0) is 57.4 Å². The Hall–Kier alpha value is -3.27. The number of rotatable bonds is 11. The quantitative estimate of drug-likeness (QED) is 0.477. The van der Waals surface area contributed by atoms with Crippen LogP contribution in [0.5, 0.6) is 11.5 Å². The van der Waals surface area contributed by atoms with E-state index in [2.05, 4.69) is 5.32 Å². The van der Waals surface area contributed by atoms with Gasteiger partial charge in [0.25, 0.3) is 0 Å². The summed E-state index contributed by atoms with van der Waals surface area (Å²) in [4.78, 5) is 28.3. The predicted molar refractivity (Wildman–Crippen MR) is 143 cm³/mol. The smallest absolute Gasteiger partial charge is 0.244 e. The van der Waals surface area contributed by atoms with Gasteiger partial charge in [-0.2, -0.15) is 0 Å². The van der Waals surface area contributed by atoms with Crippen LogP contribution in [-0.2, 0) is 26.2 Å². The Morgan fingerprint density at radius 1 is 1.03 bits per heavy atom. The van der Waals surface area contributed by atoms with E-state index in [0.29, 0.717) is 30.4 Å². The van der Waals surface area contributed by atoms with E-state index in [1.807, 2.05) is 45.0 Å². The van der Waals surface area contributed by atoms with Crippen molar-refractivity contribution in [2.45, 2.75) is 59.7 Å². The van der Waals surface area contributed by atoms with Crippen LogP contribution in [0.4, 0.5) is 5.69 Å². The predicted octanol–water partition coefficient (Wildman–Crippen LogP) is 3.25. The highest BCUT2D eigenvalue weighted by Crippen LogP contribution is 2.35. The van der Waals surface area contributed by atoms with Gasteiger partial charge in [-0.15, -0.1) is 0 Å². The number of hydrogen-bond acceptors (Lipinski definition) is 6. The Morgan fingerprint density at radius 3 is 2.35 bits per heavy atom. The Kier molecular flexibility index (Phi) is 9.42. The van der Waals surface area contributed by atoms with Crippen LogP contribution in [0.1, 0.15) is 45.2 Å². The first-order valence-electron chi connectivity index (χ1n) is 12.6. The second-order valence-electron chi connectivity index (χ2n) is 9.18. The molecule has 1 N–H and O–H groups in total. The van der Waals surface area contributed by atoms with Crippen LogP contribution >= 0.6 is 0 Å². The SMILES string of the molecule is CCC(C)NC(=O)C(C)N(Cc1ccccc1C)C(=O)CN(c1ccc2c(c1)OCCO2)S(=O)(=O)CC. The summed E-state index contributed by atoms with van der Waals surface area (Å²) >= 11 is 0. The van der Waals surface area contributed by atoms with Gasteiger partial charge < -0.3 is 19.7 Å². The van der Waals surface area contributed by atoms with Crippen LogP contribution in [-0.4, -0.2) is 62.7 Å². The fourth-order valence-electron chi connectivity index (χ4n) is 3.93. The highest BCUT2D eigenvalue weighted by molar-refractivity contribution is 7.92. The number of nitrogens with zero attached hydrogens (tertiary/aromatic N) is 2. The van der Waals surface area contributed by atoms with E-state index >= 15 is 0 Å². The lowest BCUT2D eigenvalue weighted by molar-refractivity contribution is -0.139. The molecule has 202 valence electrons. The molecule has 3 rings (SSSR count). The normalized spacial score (nSPS) is 14.4. The maximum atomic E-state index is 13.8. The van der Waals surface area contributed by atoms with Gasteiger partial charge >= 0.3 is 0 Å². The van der Waals surface area contributed by atoms with Crippen molar-refractivity contribution in [3.8, 4) is 11.5 Å². The maximum absolute atomic E-state index is 13.8. The average molecular weight is 532 g/mol. The molecule has 9 nitrogen and oxygen atoms in total. The standard InChI is InChI=1S/C27H37N3O6S/c1-6-20(4)28-27(32)21(5)29(17-22-11-9-8-10-19(22)3)26(31)18-30(37(33,34)7-2)23-12-13-24-25(16-23)36-15-14-35-24/h8-13,16,20-21H,6-7,14-15,17-18H2,1-5H3,(H,28,32). The molecule has 1 heterocycles. The second-order valence-corrected chi connectivity index (χ2v) is 11.4. The first kappa shape index (κ1) is 28.3. The monoisotopic (exact) mass is 531 g/mol. The first-order valence-corrected chi connectivity index (χ1v) is 14.2. The molecule has 1 aliphatic rings. The van der Waals surface area contributed by atoms with Gasteiger partial charge in [-0.25, -0.2) is 8.42 Å². The molecule has 2 unspecified atom stereocenters. The third-order valence-corrected chi connectivity index (χ3v) is 8.30. The lowest BCUT2D eigenvalue weighted by Crippen LogP contribution is -2.52. The zero-order valence-electron chi connectivity index (χ0n) is 22.2. The fraction of sp³-hybridized carbons (Fsp3) is 0.481. The molecule has 2 amide bonds. The summed E-state index contributed by atoms with van der Waals surface area (Å²) in [5.41, 5.74) is 2.15. The molecule has 0 aromatic heterocycles. The Balaban J connectivity index is 1.95. The van der Waals surface area contributed by atoms with Crippen LogP contribution in [0.2, 0.25) is 0 Å². The minimum absolute atomic E-state index is 0.0555. The van der Waals surface area contributed by atoms with Crippen LogP contribution in [0.15, 0.2) is 42.5 Å². The van der Waals surface area contributed by atoms with Crippen molar-refractivity contribution >= 4 is 27.5 Å². The van der Waals surface area contributed by atoms with E-state index in [1.165, 1.54) is 11.8 Å². The molecule has 0 saturated carbocycles. The highest BCUT2D eigenvalue weighted by atomic mass is 32.2. The maximum Gasteiger partial charge on any atom is 0.244 e. The molecule has 0 fully saturated rings. The van der Waals surface area contributed by atoms with Gasteiger partial charge in [0.2, 0.25) is 21.8 Å². The van der Waals surface area contributed by atoms with Crippen LogP contribution < -0.4 is 19.1 Å². The van der Waals surface area contributed by atoms with E-state index in [1.54, 1.807) is 25.1 Å². The van der Waals surface area contributed by atoms with Gasteiger partial charge in [0.15, 0.2) is 11.5 Å². The van der Waals surface area contributed by atoms with Gasteiger partial charge in [0.1, 0.15) is 25.8 Å². The van der Waals surface area contributed by atoms with Crippen LogP contribution in [0.3, 0.4) is 0 Å². The summed E-state index contributed by atoms with van der Waals surface area (Å²) in [6.45, 7) is 9.46. The average Bonchev–Trinajstić information content (AvgIpc) is 2.90. The van der Waals surface area contributed by atoms with Gasteiger partial charge in [-0.3, -0.25) is 13.9 Å². The lowest BCUT2D eigenvalue weighted by atomic mass is 10.1. The summed E-state index contributed by atoms with van der Waals surface area (Å²) in [6, 6.07) is 11.5. The third kappa shape index (κ3) is 6.94. The summed E-state index contributed by atoms with van der Waals surface area (Å²) < 4.78 is 38.5. The van der Waals surface area contributed by atoms with E-state index in [9.17, 15) is 18.0 Å². The van der Waals surface area contributed by atoms with Crippen molar-refractivity contribution < 1.29 is 27.5 Å². The fourth-order valence-corrected chi connectivity index (χ4v) is 4.98. The number of aryl methyl sites for hydroxylation is 1. The van der Waals surface area contributed by atoms with Crippen molar-refractivity contribution in [2.24, 2.45) is 0 Å². The molecule has 2 atom stereocenters. The number of carbonyl (C=O) groups excluding carboxylic acids is 2. The number of anilines is 1. The van der Waals surface area contributed by atoms with E-state index < -0.39 is 28.5 Å². The van der Waals surface area contributed by atoms with E-state index in [-0.39, 0.29) is 24.2 Å². The summed E-state index contributed by atoms with van der Waals surface area (Å²) in [5.74, 6) is -0.0314. The summed E-state index contributed by atoms with van der Waals surface area (Å²) in [6.07, 6.45) is 0.747. The number of ether oxygens (including phenoxy) is 2. The highest BCUT2D eigenvalue weighted by Gasteiger charge is 2.32. The van der Waals surface area contributed by atoms with Gasteiger partial charge in [0.05, 0.1) is 11.4 Å². The molecule has 0 saturated heterocycles. The molecule has 1 aliphatic heterocycles. The molecular weight excluding hydrogens is 494 g/mol. The molecule has 37 heavy (non-hydrogen) atoms. The van der Waals surface area contributed by atoms with Crippen molar-refractivity contribution in [2.75, 3.05) is 29.8 Å². The van der Waals surface area contributed by atoms with Gasteiger partial charge in [-0.1, -0.05) is 31.2 Å². The topological polar surface area (TPSA) is 105 Å². The molecule has 2 aromatic rings. The number of amides is 2. The number of fused-ring (bicyclic) bond motifs is 1. The third-order valence-electron chi connectivity index (χ3n) is 6.56. The molecule has 0 radical (unpaired) electrons. The largest absolute Gasteiger partial charge is 0.486 e. The Labute approximate surface area is 219 Å². The van der Waals surface area contributed by atoms with Crippen molar-refractivity contribution in [3.05, 3.63) is 53.6 Å². The molecule has 0 bridgehead atoms. The Bertz CT molecular complexity index is 1220. The number of hydrogen-bond donors (Lipinski definition) is 1. The van der Waals surface area contributed by atoms with Gasteiger partial charge in [0, 0.05) is 18.7 Å². The molecule has 10 heteroatoms. The second kappa shape index (κ2) is 12.3. The van der Waals surface area contributed by atoms with Crippen molar-refractivity contribution in [3.63, 3.8) is 0 Å². The molecule has 0 spiro atoms. The number of sulfonamides is 1. The Morgan fingerprint density at radius 2 is 1.70 bits per heavy atom. The molecular formula is C27H37N3O6S. The molecule has 2 aromatic carbocycles. The number of benzene rings is 2. The minimum Gasteiger partial charge on any atom is -0.486 e. The van der Waals surface area contributed by atoms with Crippen molar-refractivity contribution in [1.82, 2.24) is 10.2 Å². The van der Waals surface area contributed by atoms with Crippen LogP contribution in [0.25, 0.3) is 0 Å². The summed E-state index contributed by atoms with van der Waals surface area (Å²) in [7, 11) is -3.83. The zero-order chi connectivity index (χ0) is 27.2. The van der Waals surface area contributed by atoms with Crippen molar-refractivity contribution in [1.29, 1.82) is 0 Å². The minimum atomic E-state index is -3.83. The zero-order valence-corrected chi connectivity index (χ0v) is 23.0. The number of nitrogens with one attached hydrogen (secondary N) is 1. The van der Waals surface area contributed by atoms with E-state index in [4.69, 9.17) is 9.47 Å². The van der Waals surface area contributed by atoms with E-state index in [0.717, 1.165) is 21.9 Å². The number of carbonyl (C=O) groups is 2. The molecule has 0 aliphatic carbocycles. The summed E-state index contributed by atoms with van der Waals surface area (Å²) in [5, 5.41) is 2.93. The lowest BCUT2D eigenvalue weighted by Gasteiger charge is -2.33. The first-order chi connectivity index (χ1) is 17.6.